The number of nitrogens with zero attached hydrogens (tertiary/aromatic N) is 1. The monoisotopic (exact) mass is 621 g/mol. The van der Waals surface area contributed by atoms with Crippen molar-refractivity contribution in [3.05, 3.63) is 94.1 Å². The Morgan fingerprint density at radius 2 is 1.68 bits per heavy atom. The number of halogens is 5. The fourth-order valence-corrected chi connectivity index (χ4v) is 5.92. The summed E-state index contributed by atoms with van der Waals surface area (Å²) in [6.07, 6.45) is -1.49. The second-order valence-electron chi connectivity index (χ2n) is 11.4. The molecule has 3 rings (SSSR count). The van der Waals surface area contributed by atoms with Gasteiger partial charge in [-0.3, -0.25) is 9.59 Å². The van der Waals surface area contributed by atoms with Crippen molar-refractivity contribution in [2.24, 2.45) is 17.1 Å². The van der Waals surface area contributed by atoms with E-state index in [9.17, 15) is 36.6 Å². The number of aliphatic hydroxyl groups excluding tert-OH is 1. The Morgan fingerprint density at radius 3 is 2.25 bits per heavy atom. The first-order chi connectivity index (χ1) is 20.7. The molecule has 11 heteroatoms. The van der Waals surface area contributed by atoms with Crippen LogP contribution < -0.4 is 11.1 Å². The first-order valence-corrected chi connectivity index (χ1v) is 14.7. The molecule has 0 bridgehead atoms. The van der Waals surface area contributed by atoms with E-state index in [4.69, 9.17) is 5.73 Å². The maximum atomic E-state index is 14.2. The van der Waals surface area contributed by atoms with E-state index in [1.54, 1.807) is 24.0 Å². The lowest BCUT2D eigenvalue weighted by atomic mass is 9.63. The van der Waals surface area contributed by atoms with Crippen molar-refractivity contribution < 1.29 is 36.6 Å². The fourth-order valence-electron chi connectivity index (χ4n) is 5.92. The molecule has 0 saturated carbocycles. The van der Waals surface area contributed by atoms with Crippen LogP contribution in [0.25, 0.3) is 0 Å². The number of carbonyl (C=O) groups is 2. The maximum absolute atomic E-state index is 14.2. The Kier molecular flexibility index (Phi) is 11.9. The Hall–Kier alpha value is -3.57. The molecule has 6 nitrogen and oxygen atoms in total. The van der Waals surface area contributed by atoms with Crippen LogP contribution in [0, 0.1) is 23.0 Å². The smallest absolute Gasteiger partial charge is 0.391 e. The molecule has 1 unspecified atom stereocenters. The number of nitrogens with two attached hydrogens (primary N) is 1. The van der Waals surface area contributed by atoms with Crippen LogP contribution in [0.4, 0.5) is 22.0 Å². The van der Waals surface area contributed by atoms with Gasteiger partial charge in [-0.2, -0.15) is 13.2 Å². The van der Waals surface area contributed by atoms with Gasteiger partial charge in [0.05, 0.1) is 17.1 Å². The zero-order valence-electron chi connectivity index (χ0n) is 25.2. The van der Waals surface area contributed by atoms with Crippen molar-refractivity contribution in [2.45, 2.75) is 65.3 Å². The highest BCUT2D eigenvalue weighted by Crippen LogP contribution is 2.44. The minimum Gasteiger partial charge on any atom is -0.391 e. The lowest BCUT2D eigenvalue weighted by molar-refractivity contribution is -0.137. The fraction of sp³-hybridized carbons (Fsp3) is 0.455. The van der Waals surface area contributed by atoms with E-state index in [1.807, 2.05) is 13.8 Å². The highest BCUT2D eigenvalue weighted by molar-refractivity contribution is 5.97. The van der Waals surface area contributed by atoms with Crippen LogP contribution in [0.1, 0.15) is 56.7 Å². The SMILES string of the molecule is CCCN(CCC)C(=O)C1=CC(C)=CC(C(N)=O)([C@H](Cc2cc(F)cc(F)c2)[C@@H](O)CNCc2cccc(C(F)(F)F)c2)C1. The molecular formula is C33H40F5N3O3. The van der Waals surface area contributed by atoms with E-state index in [0.29, 0.717) is 35.9 Å². The third-order valence-electron chi connectivity index (χ3n) is 7.82. The van der Waals surface area contributed by atoms with Crippen molar-refractivity contribution in [2.75, 3.05) is 19.6 Å². The molecule has 0 aliphatic heterocycles. The van der Waals surface area contributed by atoms with Crippen LogP contribution in [0.15, 0.2) is 65.8 Å². The van der Waals surface area contributed by atoms with Gasteiger partial charge in [-0.15, -0.1) is 0 Å². The number of aliphatic hydroxyl groups is 1. The van der Waals surface area contributed by atoms with E-state index in [-0.39, 0.29) is 37.4 Å². The van der Waals surface area contributed by atoms with Gasteiger partial charge in [-0.05, 0) is 61.9 Å². The van der Waals surface area contributed by atoms with E-state index in [1.165, 1.54) is 12.1 Å². The minimum atomic E-state index is -4.52. The van der Waals surface area contributed by atoms with E-state index < -0.39 is 46.7 Å². The Labute approximate surface area is 254 Å². The normalized spacial score (nSPS) is 18.3. The Morgan fingerprint density at radius 1 is 1.05 bits per heavy atom. The van der Waals surface area contributed by atoms with Crippen LogP contribution in [0.5, 0.6) is 0 Å². The van der Waals surface area contributed by atoms with Crippen LogP contribution in [0.2, 0.25) is 0 Å². The molecular weight excluding hydrogens is 581 g/mol. The summed E-state index contributed by atoms with van der Waals surface area (Å²) in [6.45, 7) is 6.38. The number of primary amides is 1. The van der Waals surface area contributed by atoms with E-state index in [2.05, 4.69) is 5.32 Å². The second kappa shape index (κ2) is 14.9. The van der Waals surface area contributed by atoms with Crippen LogP contribution >= 0.6 is 0 Å². The number of hydrogen-bond acceptors (Lipinski definition) is 4. The van der Waals surface area contributed by atoms with Gasteiger partial charge in [-0.1, -0.05) is 49.8 Å². The van der Waals surface area contributed by atoms with Crippen molar-refractivity contribution >= 4 is 11.8 Å². The molecule has 3 atom stereocenters. The van der Waals surface area contributed by atoms with E-state index >= 15 is 0 Å². The van der Waals surface area contributed by atoms with Gasteiger partial charge in [0.1, 0.15) is 11.6 Å². The molecule has 2 aromatic rings. The van der Waals surface area contributed by atoms with Crippen molar-refractivity contribution in [1.82, 2.24) is 10.2 Å². The first kappa shape index (κ1) is 34.9. The Bertz CT molecular complexity index is 1360. The highest BCUT2D eigenvalue weighted by atomic mass is 19.4. The largest absolute Gasteiger partial charge is 0.416 e. The number of carbonyl (C=O) groups excluding carboxylic acids is 2. The summed E-state index contributed by atoms with van der Waals surface area (Å²) in [7, 11) is 0. The summed E-state index contributed by atoms with van der Waals surface area (Å²) in [5, 5.41) is 14.5. The zero-order chi connectivity index (χ0) is 32.7. The number of alkyl halides is 3. The third kappa shape index (κ3) is 8.75. The molecule has 0 saturated heterocycles. The van der Waals surface area contributed by atoms with Gasteiger partial charge in [0, 0.05) is 43.7 Å². The zero-order valence-corrected chi connectivity index (χ0v) is 25.2. The highest BCUT2D eigenvalue weighted by Gasteiger charge is 2.48. The predicted molar refractivity (Wildman–Crippen MR) is 158 cm³/mol. The van der Waals surface area contributed by atoms with Crippen LogP contribution in [0.3, 0.4) is 0 Å². The molecule has 240 valence electrons. The van der Waals surface area contributed by atoms with E-state index in [0.717, 1.165) is 37.1 Å². The minimum absolute atomic E-state index is 0.0344. The number of allylic oxidation sites excluding steroid dienone is 2. The summed E-state index contributed by atoms with van der Waals surface area (Å²) in [5.74, 6) is -3.84. The van der Waals surface area contributed by atoms with Gasteiger partial charge >= 0.3 is 6.18 Å². The lowest BCUT2D eigenvalue weighted by Gasteiger charge is -2.42. The summed E-state index contributed by atoms with van der Waals surface area (Å²) in [5.41, 5.74) is 4.96. The Balaban J connectivity index is 1.97. The van der Waals surface area contributed by atoms with Crippen molar-refractivity contribution in [3.8, 4) is 0 Å². The van der Waals surface area contributed by atoms with Gasteiger partial charge in [-0.25, -0.2) is 8.78 Å². The molecule has 2 aromatic carbocycles. The molecule has 1 aliphatic rings. The molecule has 0 heterocycles. The maximum Gasteiger partial charge on any atom is 0.416 e. The molecule has 0 spiro atoms. The summed E-state index contributed by atoms with van der Waals surface area (Å²) in [6, 6.07) is 7.62. The average molecular weight is 622 g/mol. The third-order valence-corrected chi connectivity index (χ3v) is 7.82. The summed E-state index contributed by atoms with van der Waals surface area (Å²) in [4.78, 5) is 28.7. The summed E-state index contributed by atoms with van der Waals surface area (Å²) >= 11 is 0. The molecule has 4 N–H and O–H groups in total. The molecule has 0 fully saturated rings. The molecule has 0 aromatic heterocycles. The second-order valence-corrected chi connectivity index (χ2v) is 11.4. The van der Waals surface area contributed by atoms with Gasteiger partial charge < -0.3 is 21.1 Å². The molecule has 1 aliphatic carbocycles. The topological polar surface area (TPSA) is 95.7 Å². The standard InChI is InChI=1S/C33H40F5N3O3/c1-4-9-41(10-5-2)30(43)24-11-21(3)17-32(18-24,31(39)44)28(15-23-13-26(34)16-27(35)14-23)29(42)20-40-19-22-7-6-8-25(12-22)33(36,37)38/h6-8,11-14,16-17,28-29,40,42H,4-5,9-10,15,18-20H2,1-3H3,(H2,39,44)/t28-,29+,32?/m1/s1. The number of hydrogen-bond donors (Lipinski definition) is 3. The van der Waals surface area contributed by atoms with Gasteiger partial charge in [0.15, 0.2) is 0 Å². The lowest BCUT2D eigenvalue weighted by Crippen LogP contribution is -2.51. The van der Waals surface area contributed by atoms with Crippen LogP contribution in [-0.4, -0.2) is 47.6 Å². The molecule has 2 amide bonds. The number of amides is 2. The number of rotatable bonds is 14. The average Bonchev–Trinajstić information content (AvgIpc) is 2.94. The van der Waals surface area contributed by atoms with Gasteiger partial charge in [0.2, 0.25) is 11.8 Å². The molecule has 0 radical (unpaired) electrons. The number of nitrogens with one attached hydrogen (secondary N) is 1. The number of benzene rings is 2. The molecule has 44 heavy (non-hydrogen) atoms. The quantitative estimate of drug-likeness (QED) is 0.236. The first-order valence-electron chi connectivity index (χ1n) is 14.7. The van der Waals surface area contributed by atoms with Gasteiger partial charge in [0.25, 0.3) is 0 Å². The summed E-state index contributed by atoms with van der Waals surface area (Å²) < 4.78 is 67.9. The van der Waals surface area contributed by atoms with Crippen LogP contribution in [-0.2, 0) is 28.7 Å². The van der Waals surface area contributed by atoms with Crippen molar-refractivity contribution in [3.63, 3.8) is 0 Å². The van der Waals surface area contributed by atoms with Crippen molar-refractivity contribution in [1.29, 1.82) is 0 Å². The predicted octanol–water partition coefficient (Wildman–Crippen LogP) is 5.69.